The van der Waals surface area contributed by atoms with E-state index in [-0.39, 0.29) is 5.91 Å². The molecule has 100 valence electrons. The van der Waals surface area contributed by atoms with E-state index in [1.54, 1.807) is 0 Å². The van der Waals surface area contributed by atoms with Crippen molar-refractivity contribution < 1.29 is 4.79 Å². The second-order valence-electron chi connectivity index (χ2n) is 4.99. The van der Waals surface area contributed by atoms with Gasteiger partial charge in [0.15, 0.2) is 5.82 Å². The molecular formula is C11H20N6O. The van der Waals surface area contributed by atoms with E-state index in [9.17, 15) is 4.79 Å². The van der Waals surface area contributed by atoms with Gasteiger partial charge < -0.3 is 16.0 Å². The zero-order chi connectivity index (χ0) is 13.2. The lowest BCUT2D eigenvalue weighted by atomic mass is 9.99. The van der Waals surface area contributed by atoms with Crippen molar-refractivity contribution in [2.24, 2.45) is 5.73 Å². The Morgan fingerprint density at radius 2 is 2.44 bits per heavy atom. The van der Waals surface area contributed by atoms with E-state index in [1.807, 2.05) is 14.0 Å². The predicted molar refractivity (Wildman–Crippen MR) is 66.9 cm³/mol. The van der Waals surface area contributed by atoms with Gasteiger partial charge in [0.2, 0.25) is 5.91 Å². The van der Waals surface area contributed by atoms with Crippen LogP contribution >= 0.6 is 0 Å². The number of nitrogens with two attached hydrogens (primary N) is 1. The first-order valence-electron chi connectivity index (χ1n) is 6.13. The number of nitrogens with one attached hydrogen (secondary N) is 2. The fourth-order valence-electron chi connectivity index (χ4n) is 2.18. The highest BCUT2D eigenvalue weighted by molar-refractivity contribution is 5.86. The predicted octanol–water partition coefficient (Wildman–Crippen LogP) is -1.20. The summed E-state index contributed by atoms with van der Waals surface area (Å²) in [4.78, 5) is 18.2. The Morgan fingerprint density at radius 1 is 1.67 bits per heavy atom. The van der Waals surface area contributed by atoms with E-state index in [2.05, 4.69) is 25.4 Å². The zero-order valence-electron chi connectivity index (χ0n) is 10.9. The molecule has 1 atom stereocenters. The van der Waals surface area contributed by atoms with Crippen molar-refractivity contribution in [1.82, 2.24) is 25.4 Å². The van der Waals surface area contributed by atoms with Crippen molar-refractivity contribution in [1.29, 1.82) is 0 Å². The average molecular weight is 252 g/mol. The fourth-order valence-corrected chi connectivity index (χ4v) is 2.18. The van der Waals surface area contributed by atoms with Crippen molar-refractivity contribution in [2.75, 3.05) is 26.7 Å². The largest absolute Gasteiger partial charge is 0.354 e. The van der Waals surface area contributed by atoms with Gasteiger partial charge in [-0.1, -0.05) is 0 Å². The first-order valence-corrected chi connectivity index (χ1v) is 6.13. The van der Waals surface area contributed by atoms with E-state index < -0.39 is 5.54 Å². The standard InChI is InChI=1S/C11H20N6O/c1-8-14-9(16-15-8)3-5-13-10(18)11(12)4-6-17(2)7-11/h3-7,12H2,1-2H3,(H,13,18)(H,14,15,16). The molecule has 7 heteroatoms. The molecule has 1 amide bonds. The lowest BCUT2D eigenvalue weighted by Crippen LogP contribution is -2.55. The SMILES string of the molecule is Cc1nc(CCNC(=O)C2(N)CCN(C)C2)n[nH]1. The third kappa shape index (κ3) is 2.85. The number of hydrogen-bond acceptors (Lipinski definition) is 5. The fraction of sp³-hybridized carbons (Fsp3) is 0.727. The second-order valence-corrected chi connectivity index (χ2v) is 4.99. The van der Waals surface area contributed by atoms with Gasteiger partial charge in [-0.25, -0.2) is 4.98 Å². The van der Waals surface area contributed by atoms with Crippen LogP contribution in [0.15, 0.2) is 0 Å². The number of aromatic nitrogens is 3. The molecule has 0 radical (unpaired) electrons. The maximum atomic E-state index is 12.0. The molecule has 1 saturated heterocycles. The summed E-state index contributed by atoms with van der Waals surface area (Å²) in [7, 11) is 1.97. The topological polar surface area (TPSA) is 99.9 Å². The van der Waals surface area contributed by atoms with E-state index in [4.69, 9.17) is 5.73 Å². The minimum absolute atomic E-state index is 0.0842. The van der Waals surface area contributed by atoms with Crippen LogP contribution in [0.1, 0.15) is 18.1 Å². The Kier molecular flexibility index (Phi) is 3.63. The van der Waals surface area contributed by atoms with E-state index >= 15 is 0 Å². The average Bonchev–Trinajstić information content (AvgIpc) is 2.86. The van der Waals surface area contributed by atoms with Crippen molar-refractivity contribution in [3.05, 3.63) is 11.6 Å². The van der Waals surface area contributed by atoms with Gasteiger partial charge in [-0.3, -0.25) is 9.89 Å². The summed E-state index contributed by atoms with van der Waals surface area (Å²) < 4.78 is 0. The highest BCUT2D eigenvalue weighted by Crippen LogP contribution is 2.16. The zero-order valence-corrected chi connectivity index (χ0v) is 10.9. The number of aromatic amines is 1. The molecule has 1 fully saturated rings. The summed E-state index contributed by atoms with van der Waals surface area (Å²) in [5.74, 6) is 1.41. The van der Waals surface area contributed by atoms with Gasteiger partial charge in [0, 0.05) is 26.1 Å². The molecule has 1 aliphatic heterocycles. The number of aryl methyl sites for hydroxylation is 1. The Morgan fingerprint density at radius 3 is 3.00 bits per heavy atom. The minimum atomic E-state index is -0.746. The van der Waals surface area contributed by atoms with Crippen LogP contribution in [0.4, 0.5) is 0 Å². The van der Waals surface area contributed by atoms with E-state index in [0.717, 1.165) is 12.4 Å². The summed E-state index contributed by atoms with van der Waals surface area (Å²) >= 11 is 0. The summed E-state index contributed by atoms with van der Waals surface area (Å²) in [5, 5.41) is 9.64. The summed E-state index contributed by atoms with van der Waals surface area (Å²) in [6.45, 7) is 3.83. The molecule has 1 aromatic heterocycles. The molecule has 0 bridgehead atoms. The van der Waals surface area contributed by atoms with Crippen LogP contribution in [0.2, 0.25) is 0 Å². The van der Waals surface area contributed by atoms with Gasteiger partial charge in [-0.2, -0.15) is 5.10 Å². The summed E-state index contributed by atoms with van der Waals surface area (Å²) in [5.41, 5.74) is 5.34. The van der Waals surface area contributed by atoms with Crippen molar-refractivity contribution in [2.45, 2.75) is 25.3 Å². The minimum Gasteiger partial charge on any atom is -0.354 e. The normalized spacial score (nSPS) is 24.4. The van der Waals surface area contributed by atoms with Crippen molar-refractivity contribution >= 4 is 5.91 Å². The van der Waals surface area contributed by atoms with E-state index in [1.165, 1.54) is 0 Å². The van der Waals surface area contributed by atoms with Crippen LogP contribution < -0.4 is 11.1 Å². The number of likely N-dealkylation sites (N-methyl/N-ethyl adjacent to an activating group) is 1. The molecule has 1 aliphatic rings. The summed E-state index contributed by atoms with van der Waals surface area (Å²) in [6.07, 6.45) is 1.32. The number of nitrogens with zero attached hydrogens (tertiary/aromatic N) is 3. The number of rotatable bonds is 4. The molecule has 4 N–H and O–H groups in total. The van der Waals surface area contributed by atoms with Gasteiger partial charge in [0.05, 0.1) is 0 Å². The molecule has 0 spiro atoms. The van der Waals surface area contributed by atoms with Crippen molar-refractivity contribution in [3.8, 4) is 0 Å². The smallest absolute Gasteiger partial charge is 0.241 e. The molecule has 1 unspecified atom stereocenters. The lowest BCUT2D eigenvalue weighted by Gasteiger charge is -2.22. The van der Waals surface area contributed by atoms with Gasteiger partial charge in [0.25, 0.3) is 0 Å². The molecule has 0 aromatic carbocycles. The lowest BCUT2D eigenvalue weighted by molar-refractivity contribution is -0.125. The number of carbonyl (C=O) groups is 1. The molecule has 7 nitrogen and oxygen atoms in total. The monoisotopic (exact) mass is 252 g/mol. The van der Waals surface area contributed by atoms with Crippen LogP contribution in [0.5, 0.6) is 0 Å². The van der Waals surface area contributed by atoms with Crippen LogP contribution in [0.3, 0.4) is 0 Å². The van der Waals surface area contributed by atoms with Gasteiger partial charge in [0.1, 0.15) is 11.4 Å². The first-order chi connectivity index (χ1) is 8.49. The second kappa shape index (κ2) is 5.03. The Labute approximate surface area is 106 Å². The third-order valence-corrected chi connectivity index (χ3v) is 3.22. The molecule has 0 saturated carbocycles. The van der Waals surface area contributed by atoms with Gasteiger partial charge >= 0.3 is 0 Å². The molecule has 1 aromatic rings. The summed E-state index contributed by atoms with van der Waals surface area (Å²) in [6, 6.07) is 0. The number of carbonyl (C=O) groups excluding carboxylic acids is 1. The van der Waals surface area contributed by atoms with Crippen molar-refractivity contribution in [3.63, 3.8) is 0 Å². The molecule has 18 heavy (non-hydrogen) atoms. The van der Waals surface area contributed by atoms with Crippen LogP contribution in [0, 0.1) is 6.92 Å². The molecule has 0 aliphatic carbocycles. The molecule has 2 rings (SSSR count). The number of H-pyrrole nitrogens is 1. The number of likely N-dealkylation sites (tertiary alicyclic amines) is 1. The Balaban J connectivity index is 1.78. The molecule has 2 heterocycles. The van der Waals surface area contributed by atoms with Crippen LogP contribution in [0.25, 0.3) is 0 Å². The Bertz CT molecular complexity index is 431. The highest BCUT2D eigenvalue weighted by atomic mass is 16.2. The highest BCUT2D eigenvalue weighted by Gasteiger charge is 2.39. The van der Waals surface area contributed by atoms with Crippen LogP contribution in [-0.4, -0.2) is 58.2 Å². The number of amides is 1. The maximum absolute atomic E-state index is 12.0. The van der Waals surface area contributed by atoms with Gasteiger partial charge in [-0.15, -0.1) is 0 Å². The van der Waals surface area contributed by atoms with Crippen LogP contribution in [-0.2, 0) is 11.2 Å². The third-order valence-electron chi connectivity index (χ3n) is 3.22. The first kappa shape index (κ1) is 13.0. The van der Waals surface area contributed by atoms with Gasteiger partial charge in [-0.05, 0) is 20.4 Å². The maximum Gasteiger partial charge on any atom is 0.241 e. The molecular weight excluding hydrogens is 232 g/mol. The quantitative estimate of drug-likeness (QED) is 0.625. The number of hydrogen-bond donors (Lipinski definition) is 3. The van der Waals surface area contributed by atoms with E-state index in [0.29, 0.717) is 31.8 Å². The Hall–Kier alpha value is -1.47.